The molecule has 2 aliphatic rings. The summed E-state index contributed by atoms with van der Waals surface area (Å²) >= 11 is 0. The van der Waals surface area contributed by atoms with E-state index in [9.17, 15) is 14.7 Å². The second-order valence-corrected chi connectivity index (χ2v) is 8.39. The second kappa shape index (κ2) is 7.67. The van der Waals surface area contributed by atoms with E-state index in [0.717, 1.165) is 29.3 Å². The Bertz CT molecular complexity index is 1330. The number of rotatable bonds is 5. The predicted molar refractivity (Wildman–Crippen MR) is 122 cm³/mol. The highest BCUT2D eigenvalue weighted by atomic mass is 16.6. The Morgan fingerprint density at radius 3 is 2.88 bits per heavy atom. The number of unbranched alkanes of at least 4 members (excludes halogenated alkanes) is 1. The van der Waals surface area contributed by atoms with Gasteiger partial charge in [0.05, 0.1) is 29.0 Å². The van der Waals surface area contributed by atoms with Gasteiger partial charge in [0, 0.05) is 29.3 Å². The van der Waals surface area contributed by atoms with E-state index in [1.807, 2.05) is 30.3 Å². The lowest BCUT2D eigenvalue weighted by molar-refractivity contribution is -0.173. The first-order valence-electron chi connectivity index (χ1n) is 11.1. The molecule has 0 saturated carbocycles. The standard InChI is InChI=1S/C25H25N3O4/c1-3-5-10-26-13-20-21-17(25(31,4-2)24(30)32-20)12-19-22-16(14-28(19)23(21)29)11-15-8-6-7-9-18(15)27-22/h6-9,11-13,20,31H,3-5,10,14H2,1-2H3/t20?,25-/m0/s1. The molecule has 2 aromatic heterocycles. The second-order valence-electron chi connectivity index (χ2n) is 8.39. The number of nitrogens with zero attached hydrogens (tertiary/aromatic N) is 3. The van der Waals surface area contributed by atoms with Crippen LogP contribution in [0.4, 0.5) is 0 Å². The Hall–Kier alpha value is -3.32. The van der Waals surface area contributed by atoms with Crippen LogP contribution in [0.15, 0.2) is 46.2 Å². The lowest BCUT2D eigenvalue weighted by atomic mass is 9.83. The van der Waals surface area contributed by atoms with Crippen molar-refractivity contribution in [3.05, 3.63) is 63.4 Å². The predicted octanol–water partition coefficient (Wildman–Crippen LogP) is 3.49. The van der Waals surface area contributed by atoms with Crippen LogP contribution in [-0.4, -0.2) is 33.4 Å². The van der Waals surface area contributed by atoms with Gasteiger partial charge in [-0.2, -0.15) is 0 Å². The van der Waals surface area contributed by atoms with Crippen LogP contribution in [0, 0.1) is 0 Å². The third kappa shape index (κ3) is 2.99. The van der Waals surface area contributed by atoms with Crippen LogP contribution in [0.5, 0.6) is 0 Å². The van der Waals surface area contributed by atoms with Gasteiger partial charge in [-0.3, -0.25) is 9.79 Å². The first kappa shape index (κ1) is 20.6. The molecule has 0 saturated heterocycles. The number of esters is 1. The fourth-order valence-electron chi connectivity index (χ4n) is 4.55. The van der Waals surface area contributed by atoms with Gasteiger partial charge in [-0.25, -0.2) is 9.78 Å². The van der Waals surface area contributed by atoms with E-state index in [1.54, 1.807) is 17.6 Å². The molecule has 2 atom stereocenters. The number of aliphatic imine (C=N–C) groups is 1. The Balaban J connectivity index is 1.71. The molecule has 1 aromatic carbocycles. The quantitative estimate of drug-likeness (QED) is 0.297. The highest BCUT2D eigenvalue weighted by Crippen LogP contribution is 2.41. The van der Waals surface area contributed by atoms with E-state index in [2.05, 4.69) is 11.9 Å². The molecule has 0 amide bonds. The molecule has 1 N–H and O–H groups in total. The summed E-state index contributed by atoms with van der Waals surface area (Å²) in [5, 5.41) is 12.2. The molecule has 2 aliphatic heterocycles. The molecule has 0 bridgehead atoms. The molecule has 0 radical (unpaired) electrons. The van der Waals surface area contributed by atoms with Crippen LogP contribution in [0.2, 0.25) is 0 Å². The largest absolute Gasteiger partial charge is 0.449 e. The maximum absolute atomic E-state index is 13.6. The zero-order valence-electron chi connectivity index (χ0n) is 18.2. The Kier molecular flexibility index (Phi) is 4.93. The number of pyridine rings is 2. The van der Waals surface area contributed by atoms with Crippen molar-refractivity contribution in [1.29, 1.82) is 0 Å². The molecule has 0 fully saturated rings. The van der Waals surface area contributed by atoms with Gasteiger partial charge in [0.2, 0.25) is 0 Å². The summed E-state index contributed by atoms with van der Waals surface area (Å²) in [6.07, 6.45) is 2.59. The van der Waals surface area contributed by atoms with E-state index in [1.165, 1.54) is 6.21 Å². The van der Waals surface area contributed by atoms with Crippen molar-refractivity contribution in [1.82, 2.24) is 9.55 Å². The van der Waals surface area contributed by atoms with Crippen LogP contribution >= 0.6 is 0 Å². The highest BCUT2D eigenvalue weighted by Gasteiger charge is 2.48. The monoisotopic (exact) mass is 431 g/mol. The minimum absolute atomic E-state index is 0.0967. The van der Waals surface area contributed by atoms with E-state index >= 15 is 0 Å². The van der Waals surface area contributed by atoms with Crippen molar-refractivity contribution in [2.75, 3.05) is 6.54 Å². The summed E-state index contributed by atoms with van der Waals surface area (Å²) in [7, 11) is 0. The van der Waals surface area contributed by atoms with E-state index in [0.29, 0.717) is 30.0 Å². The average Bonchev–Trinajstić information content (AvgIpc) is 3.16. The van der Waals surface area contributed by atoms with Gasteiger partial charge in [0.1, 0.15) is 0 Å². The molecule has 3 aromatic rings. The zero-order chi connectivity index (χ0) is 22.5. The molecule has 0 spiro atoms. The fourth-order valence-corrected chi connectivity index (χ4v) is 4.55. The maximum Gasteiger partial charge on any atom is 0.343 e. The van der Waals surface area contributed by atoms with Crippen LogP contribution in [0.25, 0.3) is 22.3 Å². The van der Waals surface area contributed by atoms with Gasteiger partial charge in [-0.05, 0) is 31.0 Å². The molecular formula is C25H25N3O4. The van der Waals surface area contributed by atoms with Crippen LogP contribution in [0.1, 0.15) is 55.9 Å². The Morgan fingerprint density at radius 1 is 1.28 bits per heavy atom. The van der Waals surface area contributed by atoms with Gasteiger partial charge >= 0.3 is 5.97 Å². The van der Waals surface area contributed by atoms with Gasteiger partial charge in [-0.15, -0.1) is 0 Å². The zero-order valence-corrected chi connectivity index (χ0v) is 18.2. The molecule has 4 heterocycles. The normalized spacial score (nSPS) is 21.5. The number of carbonyl (C=O) groups excluding carboxylic acids is 1. The third-order valence-electron chi connectivity index (χ3n) is 6.41. The Labute approximate surface area is 185 Å². The Morgan fingerprint density at radius 2 is 2.09 bits per heavy atom. The molecule has 7 heteroatoms. The van der Waals surface area contributed by atoms with Crippen LogP contribution < -0.4 is 5.56 Å². The smallest absolute Gasteiger partial charge is 0.343 e. The van der Waals surface area contributed by atoms with E-state index in [-0.39, 0.29) is 17.5 Å². The van der Waals surface area contributed by atoms with Gasteiger partial charge in [0.25, 0.3) is 5.56 Å². The summed E-state index contributed by atoms with van der Waals surface area (Å²) in [5.74, 6) is -0.756. The minimum atomic E-state index is -1.88. The molecule has 164 valence electrons. The fraction of sp³-hybridized carbons (Fsp3) is 0.360. The highest BCUT2D eigenvalue weighted by molar-refractivity contribution is 5.89. The first-order valence-corrected chi connectivity index (χ1v) is 11.1. The van der Waals surface area contributed by atoms with Crippen molar-refractivity contribution in [3.8, 4) is 11.4 Å². The maximum atomic E-state index is 13.6. The van der Waals surface area contributed by atoms with Crippen molar-refractivity contribution in [3.63, 3.8) is 0 Å². The molecule has 0 aliphatic carbocycles. The van der Waals surface area contributed by atoms with Gasteiger partial charge < -0.3 is 14.4 Å². The number of cyclic esters (lactones) is 1. The van der Waals surface area contributed by atoms with Crippen molar-refractivity contribution < 1.29 is 14.6 Å². The van der Waals surface area contributed by atoms with E-state index < -0.39 is 17.7 Å². The number of ether oxygens (including phenoxy) is 1. The molecule has 7 nitrogen and oxygen atoms in total. The number of aliphatic hydroxyl groups is 1. The number of hydrogen-bond acceptors (Lipinski definition) is 6. The SMILES string of the molecule is CCCCN=CC1OC(=O)[C@](O)(CC)c2cc3n(c(=O)c21)Cc1cc2ccccc2nc1-3. The molecular weight excluding hydrogens is 406 g/mol. The number of carbonyl (C=O) groups is 1. The molecule has 1 unspecified atom stereocenters. The van der Waals surface area contributed by atoms with Gasteiger partial charge in [0.15, 0.2) is 11.7 Å². The van der Waals surface area contributed by atoms with Gasteiger partial charge in [-0.1, -0.05) is 38.5 Å². The van der Waals surface area contributed by atoms with Crippen molar-refractivity contribution in [2.45, 2.75) is 51.4 Å². The number of para-hydroxylation sites is 1. The number of hydrogen-bond donors (Lipinski definition) is 1. The summed E-state index contributed by atoms with van der Waals surface area (Å²) < 4.78 is 7.16. The molecule has 32 heavy (non-hydrogen) atoms. The van der Waals surface area contributed by atoms with E-state index in [4.69, 9.17) is 9.72 Å². The summed E-state index contributed by atoms with van der Waals surface area (Å²) in [5.41, 5.74) is 1.48. The topological polar surface area (TPSA) is 93.8 Å². The summed E-state index contributed by atoms with van der Waals surface area (Å²) in [4.78, 5) is 35.6. The van der Waals surface area contributed by atoms with Crippen LogP contribution in [0.3, 0.4) is 0 Å². The lowest BCUT2D eigenvalue weighted by Gasteiger charge is -2.35. The lowest BCUT2D eigenvalue weighted by Crippen LogP contribution is -2.46. The number of benzene rings is 1. The van der Waals surface area contributed by atoms with Crippen LogP contribution in [-0.2, 0) is 21.7 Å². The average molecular weight is 431 g/mol. The summed E-state index contributed by atoms with van der Waals surface area (Å²) in [6.45, 7) is 4.74. The first-order chi connectivity index (χ1) is 15.5. The van der Waals surface area contributed by atoms with Crippen molar-refractivity contribution >= 4 is 23.1 Å². The minimum Gasteiger partial charge on any atom is -0.449 e. The third-order valence-corrected chi connectivity index (χ3v) is 6.41. The summed E-state index contributed by atoms with van der Waals surface area (Å²) in [6, 6.07) is 11.6. The number of aromatic nitrogens is 2. The number of fused-ring (bicyclic) bond motifs is 5. The van der Waals surface area contributed by atoms with Crippen molar-refractivity contribution in [2.24, 2.45) is 4.99 Å². The molecule has 5 rings (SSSR count).